The molecule has 0 amide bonds. The van der Waals surface area contributed by atoms with Gasteiger partial charge in [0, 0.05) is 27.7 Å². The van der Waals surface area contributed by atoms with Crippen molar-refractivity contribution in [2.45, 2.75) is 19.3 Å². The van der Waals surface area contributed by atoms with E-state index in [0.717, 1.165) is 11.4 Å². The molecule has 1 heteroatoms. The Labute approximate surface area is 294 Å². The Bertz CT molecular complexity index is 2490. The average Bonchev–Trinajstić information content (AvgIpc) is 3.41. The van der Waals surface area contributed by atoms with Crippen LogP contribution in [0.2, 0.25) is 0 Å². The van der Waals surface area contributed by atoms with Gasteiger partial charge in [0.1, 0.15) is 0 Å². The zero-order valence-corrected chi connectivity index (χ0v) is 28.3. The second kappa shape index (κ2) is 12.1. The van der Waals surface area contributed by atoms with Crippen molar-refractivity contribution in [3.63, 3.8) is 0 Å². The van der Waals surface area contributed by atoms with Crippen LogP contribution < -0.4 is 4.90 Å². The summed E-state index contributed by atoms with van der Waals surface area (Å²) in [7, 11) is 0. The first-order valence-corrected chi connectivity index (χ1v) is 17.4. The number of fused-ring (bicyclic) bond motifs is 4. The molecule has 0 fully saturated rings. The summed E-state index contributed by atoms with van der Waals surface area (Å²) in [5, 5.41) is 2.49. The van der Waals surface area contributed by atoms with Gasteiger partial charge in [0.2, 0.25) is 0 Å². The van der Waals surface area contributed by atoms with Gasteiger partial charge in [-0.05, 0) is 85.8 Å². The molecule has 9 rings (SSSR count). The first kappa shape index (κ1) is 29.9. The van der Waals surface area contributed by atoms with E-state index in [9.17, 15) is 0 Å². The molecule has 0 spiro atoms. The Kier molecular flexibility index (Phi) is 7.21. The van der Waals surface area contributed by atoms with Crippen molar-refractivity contribution in [1.82, 2.24) is 0 Å². The lowest BCUT2D eigenvalue weighted by molar-refractivity contribution is 0.661. The molecule has 0 atom stereocenters. The highest BCUT2D eigenvalue weighted by Gasteiger charge is 2.39. The van der Waals surface area contributed by atoms with E-state index in [0.29, 0.717) is 0 Å². The van der Waals surface area contributed by atoms with Crippen LogP contribution in [-0.2, 0) is 5.41 Å². The van der Waals surface area contributed by atoms with Crippen molar-refractivity contribution in [2.75, 3.05) is 4.90 Å². The SMILES string of the molecule is CC1(C)c2ccccc2-c2c1cc1ccccc1c2N(c1ccc(-c2ccccc2-c2ccccc2)cc1)c1cccc(-c2ccccc2)c1. The molecule has 8 aromatic rings. The predicted molar refractivity (Wildman–Crippen MR) is 213 cm³/mol. The van der Waals surface area contributed by atoms with Crippen molar-refractivity contribution < 1.29 is 0 Å². The highest BCUT2D eigenvalue weighted by molar-refractivity contribution is 6.10. The number of rotatable bonds is 6. The fraction of sp³-hybridized carbons (Fsp3) is 0.0612. The number of hydrogen-bond donors (Lipinski definition) is 0. The minimum Gasteiger partial charge on any atom is -0.309 e. The maximum absolute atomic E-state index is 2.50. The molecule has 1 aliphatic carbocycles. The maximum atomic E-state index is 2.50. The summed E-state index contributed by atoms with van der Waals surface area (Å²) in [4.78, 5) is 2.50. The Balaban J connectivity index is 1.30. The molecule has 0 unspecified atom stereocenters. The quantitative estimate of drug-likeness (QED) is 0.175. The third kappa shape index (κ3) is 4.94. The molecular formula is C49H37N. The van der Waals surface area contributed by atoms with E-state index >= 15 is 0 Å². The second-order valence-electron chi connectivity index (χ2n) is 13.7. The minimum atomic E-state index is -0.132. The van der Waals surface area contributed by atoms with Gasteiger partial charge in [0.25, 0.3) is 0 Å². The summed E-state index contributed by atoms with van der Waals surface area (Å²) in [6, 6.07) is 68.5. The number of hydrogen-bond acceptors (Lipinski definition) is 1. The lowest BCUT2D eigenvalue weighted by Crippen LogP contribution is -2.16. The monoisotopic (exact) mass is 639 g/mol. The summed E-state index contributed by atoms with van der Waals surface area (Å²) in [6.45, 7) is 4.74. The molecule has 50 heavy (non-hydrogen) atoms. The standard InChI is InChI=1S/C49H37N/c1-49(2)45-27-14-13-26-44(45)47-46(49)33-38-20-9-10-25-43(38)48(47)50(40-22-15-21-37(32-40)34-16-5-3-6-17-34)39-30-28-36(29-31-39)42-24-12-11-23-41(42)35-18-7-4-8-19-35/h3-33H,1-2H3. The highest BCUT2D eigenvalue weighted by Crippen LogP contribution is 2.56. The van der Waals surface area contributed by atoms with Crippen molar-refractivity contribution >= 4 is 27.8 Å². The van der Waals surface area contributed by atoms with E-state index in [1.165, 1.54) is 72.1 Å². The van der Waals surface area contributed by atoms with Gasteiger partial charge in [-0.3, -0.25) is 0 Å². The Morgan fingerprint density at radius 1 is 0.380 bits per heavy atom. The second-order valence-corrected chi connectivity index (χ2v) is 13.7. The fourth-order valence-electron chi connectivity index (χ4n) is 7.97. The van der Waals surface area contributed by atoms with E-state index in [1.54, 1.807) is 0 Å². The molecule has 1 aliphatic rings. The zero-order valence-electron chi connectivity index (χ0n) is 28.3. The summed E-state index contributed by atoms with van der Waals surface area (Å²) < 4.78 is 0. The van der Waals surface area contributed by atoms with Gasteiger partial charge in [-0.2, -0.15) is 0 Å². The number of anilines is 3. The van der Waals surface area contributed by atoms with Crippen molar-refractivity contribution in [3.05, 3.63) is 199 Å². The van der Waals surface area contributed by atoms with Crippen LogP contribution in [0.1, 0.15) is 25.0 Å². The van der Waals surface area contributed by atoms with Gasteiger partial charge in [-0.25, -0.2) is 0 Å². The Morgan fingerprint density at radius 3 is 1.66 bits per heavy atom. The van der Waals surface area contributed by atoms with Gasteiger partial charge in [-0.15, -0.1) is 0 Å². The van der Waals surface area contributed by atoms with E-state index < -0.39 is 0 Å². The van der Waals surface area contributed by atoms with E-state index in [4.69, 9.17) is 0 Å². The molecule has 8 aromatic carbocycles. The molecule has 0 heterocycles. The highest BCUT2D eigenvalue weighted by atomic mass is 15.1. The third-order valence-corrected chi connectivity index (χ3v) is 10.4. The smallest absolute Gasteiger partial charge is 0.0621 e. The van der Waals surface area contributed by atoms with Crippen LogP contribution >= 0.6 is 0 Å². The molecule has 0 saturated heterocycles. The average molecular weight is 640 g/mol. The zero-order chi connectivity index (χ0) is 33.7. The van der Waals surface area contributed by atoms with Gasteiger partial charge >= 0.3 is 0 Å². The Morgan fingerprint density at radius 2 is 0.940 bits per heavy atom. The van der Waals surface area contributed by atoms with Gasteiger partial charge < -0.3 is 4.90 Å². The predicted octanol–water partition coefficient (Wildman–Crippen LogP) is 13.6. The van der Waals surface area contributed by atoms with E-state index in [2.05, 4.69) is 207 Å². The van der Waals surface area contributed by atoms with Crippen LogP contribution in [0.15, 0.2) is 188 Å². The normalized spacial score (nSPS) is 12.8. The maximum Gasteiger partial charge on any atom is 0.0621 e. The van der Waals surface area contributed by atoms with Crippen LogP contribution in [0.25, 0.3) is 55.3 Å². The van der Waals surface area contributed by atoms with Crippen molar-refractivity contribution in [2.24, 2.45) is 0 Å². The number of nitrogens with zero attached hydrogens (tertiary/aromatic N) is 1. The first-order chi connectivity index (χ1) is 24.6. The van der Waals surface area contributed by atoms with Crippen molar-refractivity contribution in [3.8, 4) is 44.5 Å². The van der Waals surface area contributed by atoms with Crippen LogP contribution in [0, 0.1) is 0 Å². The molecule has 1 nitrogen and oxygen atoms in total. The molecule has 0 aromatic heterocycles. The fourth-order valence-corrected chi connectivity index (χ4v) is 7.97. The lowest BCUT2D eigenvalue weighted by atomic mass is 9.81. The van der Waals surface area contributed by atoms with Crippen molar-refractivity contribution in [1.29, 1.82) is 0 Å². The summed E-state index contributed by atoms with van der Waals surface area (Å²) in [5.41, 5.74) is 16.0. The minimum absolute atomic E-state index is 0.132. The van der Waals surface area contributed by atoms with Gasteiger partial charge in [-0.1, -0.05) is 172 Å². The molecule has 0 radical (unpaired) electrons. The molecule has 238 valence electrons. The van der Waals surface area contributed by atoms with Crippen LogP contribution in [-0.4, -0.2) is 0 Å². The lowest BCUT2D eigenvalue weighted by Gasteiger charge is -2.31. The molecule has 0 N–H and O–H groups in total. The Hall–Kier alpha value is -6.18. The first-order valence-electron chi connectivity index (χ1n) is 17.4. The van der Waals surface area contributed by atoms with E-state index in [1.807, 2.05) is 0 Å². The molecular weight excluding hydrogens is 603 g/mol. The number of benzene rings is 8. The summed E-state index contributed by atoms with van der Waals surface area (Å²) in [5.74, 6) is 0. The largest absolute Gasteiger partial charge is 0.309 e. The molecule has 0 aliphatic heterocycles. The molecule has 0 saturated carbocycles. The van der Waals surface area contributed by atoms with E-state index in [-0.39, 0.29) is 5.41 Å². The third-order valence-electron chi connectivity index (χ3n) is 10.4. The summed E-state index contributed by atoms with van der Waals surface area (Å²) >= 11 is 0. The van der Waals surface area contributed by atoms with Gasteiger partial charge in [0.05, 0.1) is 5.69 Å². The van der Waals surface area contributed by atoms with Gasteiger partial charge in [0.15, 0.2) is 0 Å². The van der Waals surface area contributed by atoms with Crippen LogP contribution in [0.5, 0.6) is 0 Å². The topological polar surface area (TPSA) is 3.24 Å². The van der Waals surface area contributed by atoms with Crippen LogP contribution in [0.3, 0.4) is 0 Å². The summed E-state index contributed by atoms with van der Waals surface area (Å²) in [6.07, 6.45) is 0. The van der Waals surface area contributed by atoms with Crippen LogP contribution in [0.4, 0.5) is 17.1 Å². The molecule has 0 bridgehead atoms.